The Morgan fingerprint density at radius 1 is 1.17 bits per heavy atom. The van der Waals surface area contributed by atoms with E-state index in [0.717, 1.165) is 64.7 Å². The Balaban J connectivity index is 1.59. The van der Waals surface area contributed by atoms with E-state index in [2.05, 4.69) is 22.1 Å². The highest BCUT2D eigenvalue weighted by Crippen LogP contribution is 2.29. The molecule has 148 valence electrons. The van der Waals surface area contributed by atoms with Crippen LogP contribution in [0.3, 0.4) is 0 Å². The number of furan rings is 1. The Labute approximate surface area is 172 Å². The lowest BCUT2D eigenvalue weighted by atomic mass is 10.2. The van der Waals surface area contributed by atoms with E-state index in [1.54, 1.807) is 18.4 Å². The lowest BCUT2D eigenvalue weighted by molar-refractivity contribution is 0.0967. The first-order valence-electron chi connectivity index (χ1n) is 9.78. The van der Waals surface area contributed by atoms with E-state index in [9.17, 15) is 0 Å². The van der Waals surface area contributed by atoms with Crippen LogP contribution in [-0.4, -0.2) is 24.4 Å². The van der Waals surface area contributed by atoms with Crippen LogP contribution < -0.4 is 9.54 Å². The summed E-state index contributed by atoms with van der Waals surface area (Å²) in [6.07, 6.45) is 2.40. The molecule has 0 radical (unpaired) electrons. The Bertz CT molecular complexity index is 1150. The van der Waals surface area contributed by atoms with Crippen LogP contribution in [0.15, 0.2) is 69.4 Å². The van der Waals surface area contributed by atoms with Crippen molar-refractivity contribution in [3.8, 4) is 17.2 Å². The van der Waals surface area contributed by atoms with Crippen molar-refractivity contribution in [1.29, 1.82) is 0 Å². The van der Waals surface area contributed by atoms with Gasteiger partial charge in [0.15, 0.2) is 10.6 Å². The number of benzene rings is 2. The number of rotatable bonds is 5. The van der Waals surface area contributed by atoms with Gasteiger partial charge in [-0.15, -0.1) is 11.3 Å². The molecule has 0 bridgehead atoms. The van der Waals surface area contributed by atoms with Crippen LogP contribution in [0.4, 0.5) is 5.69 Å². The van der Waals surface area contributed by atoms with Crippen molar-refractivity contribution in [2.75, 3.05) is 13.7 Å². The van der Waals surface area contributed by atoms with E-state index < -0.39 is 0 Å². The van der Waals surface area contributed by atoms with Gasteiger partial charge in [-0.2, -0.15) is 0 Å². The fourth-order valence-electron chi connectivity index (χ4n) is 3.66. The van der Waals surface area contributed by atoms with Gasteiger partial charge in [-0.25, -0.2) is 4.99 Å². The molecule has 1 saturated heterocycles. The van der Waals surface area contributed by atoms with E-state index in [1.807, 2.05) is 42.5 Å². The molecule has 29 heavy (non-hydrogen) atoms. The third-order valence-electron chi connectivity index (χ3n) is 5.18. The Kier molecular flexibility index (Phi) is 4.96. The second kappa shape index (κ2) is 7.89. The van der Waals surface area contributed by atoms with E-state index in [-0.39, 0.29) is 6.10 Å². The van der Waals surface area contributed by atoms with Gasteiger partial charge < -0.3 is 18.5 Å². The van der Waals surface area contributed by atoms with Gasteiger partial charge in [0.25, 0.3) is 0 Å². The first-order valence-corrected chi connectivity index (χ1v) is 10.7. The van der Waals surface area contributed by atoms with Crippen LogP contribution >= 0.6 is 11.3 Å². The standard InChI is InChI=1S/C23H22N2O3S/c1-26-18-10-8-17(9-11-18)24-23-25(14-19-6-4-12-27-19)20(15-29-23)22-13-16-5-2-3-7-21(16)28-22/h2-3,5,7-11,13,15,19H,4,6,12,14H2,1H3. The Hall–Kier alpha value is -2.83. The van der Waals surface area contributed by atoms with Gasteiger partial charge in [-0.05, 0) is 49.2 Å². The number of para-hydroxylation sites is 1. The first kappa shape index (κ1) is 18.2. The first-order chi connectivity index (χ1) is 14.3. The van der Waals surface area contributed by atoms with Crippen molar-refractivity contribution in [3.63, 3.8) is 0 Å². The molecule has 4 aromatic rings. The molecule has 1 atom stereocenters. The number of fused-ring (bicyclic) bond motifs is 1. The Morgan fingerprint density at radius 3 is 2.79 bits per heavy atom. The minimum absolute atomic E-state index is 0.211. The minimum atomic E-state index is 0.211. The number of thiazole rings is 1. The van der Waals surface area contributed by atoms with Crippen LogP contribution in [-0.2, 0) is 11.3 Å². The van der Waals surface area contributed by atoms with E-state index in [4.69, 9.17) is 18.9 Å². The number of aromatic nitrogens is 1. The quantitative estimate of drug-likeness (QED) is 0.447. The molecule has 5 rings (SSSR count). The molecule has 2 aromatic carbocycles. The molecule has 2 aromatic heterocycles. The monoisotopic (exact) mass is 406 g/mol. The molecular formula is C23H22N2O3S. The maximum Gasteiger partial charge on any atom is 0.190 e. The number of hydrogen-bond acceptors (Lipinski definition) is 5. The van der Waals surface area contributed by atoms with Crippen molar-refractivity contribution in [1.82, 2.24) is 4.57 Å². The third kappa shape index (κ3) is 3.73. The highest BCUT2D eigenvalue weighted by molar-refractivity contribution is 7.07. The maximum atomic E-state index is 6.14. The molecule has 6 heteroatoms. The van der Waals surface area contributed by atoms with Crippen molar-refractivity contribution in [2.24, 2.45) is 4.99 Å². The zero-order valence-electron chi connectivity index (χ0n) is 16.2. The smallest absolute Gasteiger partial charge is 0.190 e. The van der Waals surface area contributed by atoms with Gasteiger partial charge in [0.2, 0.25) is 0 Å². The van der Waals surface area contributed by atoms with Gasteiger partial charge >= 0.3 is 0 Å². The molecule has 0 amide bonds. The molecule has 5 nitrogen and oxygen atoms in total. The van der Waals surface area contributed by atoms with Gasteiger partial charge in [-0.1, -0.05) is 18.2 Å². The summed E-state index contributed by atoms with van der Waals surface area (Å²) in [5.41, 5.74) is 2.82. The molecule has 1 aliphatic heterocycles. The highest BCUT2D eigenvalue weighted by Gasteiger charge is 2.20. The predicted octanol–water partition coefficient (Wildman–Crippen LogP) is 5.38. The SMILES string of the molecule is COc1ccc(N=c2scc(-c3cc4ccccc4o3)n2CC2CCCO2)cc1. The molecule has 1 aliphatic rings. The van der Waals surface area contributed by atoms with E-state index in [0.29, 0.717) is 0 Å². The number of methoxy groups -OCH3 is 1. The van der Waals surface area contributed by atoms with Gasteiger partial charge in [-0.3, -0.25) is 0 Å². The molecule has 0 N–H and O–H groups in total. The van der Waals surface area contributed by atoms with Crippen molar-refractivity contribution < 1.29 is 13.9 Å². The maximum absolute atomic E-state index is 6.14. The molecule has 0 saturated carbocycles. The summed E-state index contributed by atoms with van der Waals surface area (Å²) < 4.78 is 19.5. The third-order valence-corrected chi connectivity index (χ3v) is 6.05. The fraction of sp³-hybridized carbons (Fsp3) is 0.261. The van der Waals surface area contributed by atoms with Gasteiger partial charge in [0.1, 0.15) is 11.3 Å². The lowest BCUT2D eigenvalue weighted by Gasteiger charge is -2.13. The second-order valence-electron chi connectivity index (χ2n) is 7.11. The zero-order chi connectivity index (χ0) is 19.6. The van der Waals surface area contributed by atoms with Crippen LogP contribution in [0.1, 0.15) is 12.8 Å². The van der Waals surface area contributed by atoms with Crippen LogP contribution in [0.2, 0.25) is 0 Å². The summed E-state index contributed by atoms with van der Waals surface area (Å²) in [5.74, 6) is 1.68. The van der Waals surface area contributed by atoms with Crippen molar-refractivity contribution in [3.05, 3.63) is 64.8 Å². The van der Waals surface area contributed by atoms with Crippen LogP contribution in [0, 0.1) is 0 Å². The summed E-state index contributed by atoms with van der Waals surface area (Å²) in [6.45, 7) is 1.60. The molecular weight excluding hydrogens is 384 g/mol. The van der Waals surface area contributed by atoms with E-state index in [1.165, 1.54) is 0 Å². The average Bonchev–Trinajstić information content (AvgIpc) is 3.49. The summed E-state index contributed by atoms with van der Waals surface area (Å²) in [6, 6.07) is 18.0. The summed E-state index contributed by atoms with van der Waals surface area (Å²) in [7, 11) is 1.67. The summed E-state index contributed by atoms with van der Waals surface area (Å²) in [5, 5.41) is 3.22. The topological polar surface area (TPSA) is 48.9 Å². The van der Waals surface area contributed by atoms with E-state index >= 15 is 0 Å². The number of nitrogens with zero attached hydrogens (tertiary/aromatic N) is 2. The number of ether oxygens (including phenoxy) is 2. The average molecular weight is 407 g/mol. The molecule has 1 fully saturated rings. The number of hydrogen-bond donors (Lipinski definition) is 0. The predicted molar refractivity (Wildman–Crippen MR) is 115 cm³/mol. The summed E-state index contributed by atoms with van der Waals surface area (Å²) in [4.78, 5) is 5.82. The van der Waals surface area contributed by atoms with Crippen LogP contribution in [0.5, 0.6) is 5.75 Å². The molecule has 0 spiro atoms. The largest absolute Gasteiger partial charge is 0.497 e. The molecule has 0 aliphatic carbocycles. The molecule has 1 unspecified atom stereocenters. The van der Waals surface area contributed by atoms with Gasteiger partial charge in [0, 0.05) is 17.4 Å². The van der Waals surface area contributed by atoms with Crippen LogP contribution in [0.25, 0.3) is 22.4 Å². The van der Waals surface area contributed by atoms with Crippen molar-refractivity contribution >= 4 is 28.0 Å². The minimum Gasteiger partial charge on any atom is -0.497 e. The zero-order valence-corrected chi connectivity index (χ0v) is 17.0. The highest BCUT2D eigenvalue weighted by atomic mass is 32.1. The van der Waals surface area contributed by atoms with Crippen molar-refractivity contribution in [2.45, 2.75) is 25.5 Å². The molecule has 3 heterocycles. The lowest BCUT2D eigenvalue weighted by Crippen LogP contribution is -2.23. The Morgan fingerprint density at radius 2 is 2.03 bits per heavy atom. The normalized spacial score (nSPS) is 17.3. The second-order valence-corrected chi connectivity index (χ2v) is 7.94. The summed E-state index contributed by atoms with van der Waals surface area (Å²) >= 11 is 1.62. The fourth-order valence-corrected chi connectivity index (χ4v) is 4.58. The van der Waals surface area contributed by atoms with Gasteiger partial charge in [0.05, 0.1) is 31.1 Å².